The lowest BCUT2D eigenvalue weighted by atomic mass is 10.1. The molecule has 7 nitrogen and oxygen atoms in total. The number of amides is 1. The van der Waals surface area contributed by atoms with Crippen molar-refractivity contribution in [3.63, 3.8) is 0 Å². The van der Waals surface area contributed by atoms with Crippen molar-refractivity contribution in [1.82, 2.24) is 19.8 Å². The van der Waals surface area contributed by atoms with E-state index in [4.69, 9.17) is 8.83 Å². The Hall–Kier alpha value is -2.93. The van der Waals surface area contributed by atoms with Crippen LogP contribution in [0.25, 0.3) is 0 Å². The zero-order valence-corrected chi connectivity index (χ0v) is 17.0. The fraction of sp³-hybridized carbons (Fsp3) is 0.435. The smallest absolute Gasteiger partial charge is 0.289 e. The summed E-state index contributed by atoms with van der Waals surface area (Å²) in [5.41, 5.74) is 2.02. The Morgan fingerprint density at radius 3 is 2.80 bits per heavy atom. The molecule has 1 fully saturated rings. The van der Waals surface area contributed by atoms with Gasteiger partial charge < -0.3 is 13.7 Å². The minimum atomic E-state index is -0.0757. The number of carbonyl (C=O) groups excluding carboxylic acids is 1. The minimum absolute atomic E-state index is 0.0757. The van der Waals surface area contributed by atoms with Gasteiger partial charge in [-0.2, -0.15) is 0 Å². The molecule has 0 unspecified atom stereocenters. The van der Waals surface area contributed by atoms with Crippen molar-refractivity contribution in [3.05, 3.63) is 71.1 Å². The van der Waals surface area contributed by atoms with Crippen LogP contribution in [0, 0.1) is 0 Å². The number of nitrogens with zero attached hydrogens (tertiary/aromatic N) is 4. The van der Waals surface area contributed by atoms with E-state index in [0.717, 1.165) is 61.1 Å². The molecule has 0 aromatic carbocycles. The van der Waals surface area contributed by atoms with Gasteiger partial charge in [0.05, 0.1) is 13.1 Å². The van der Waals surface area contributed by atoms with Crippen molar-refractivity contribution < 1.29 is 13.6 Å². The van der Waals surface area contributed by atoms with E-state index in [1.54, 1.807) is 17.2 Å². The summed E-state index contributed by atoms with van der Waals surface area (Å²) in [4.78, 5) is 25.9. The average molecular weight is 406 g/mol. The number of fused-ring (bicyclic) bond motifs is 1. The molecule has 30 heavy (non-hydrogen) atoms. The molecular weight excluding hydrogens is 380 g/mol. The van der Waals surface area contributed by atoms with E-state index in [-0.39, 0.29) is 5.91 Å². The van der Waals surface area contributed by atoms with Crippen molar-refractivity contribution in [1.29, 1.82) is 0 Å². The Morgan fingerprint density at radius 1 is 1.07 bits per heavy atom. The molecule has 0 N–H and O–H groups in total. The Bertz CT molecular complexity index is 1000. The summed E-state index contributed by atoms with van der Waals surface area (Å²) in [7, 11) is 0. The monoisotopic (exact) mass is 406 g/mol. The molecule has 3 aromatic rings. The van der Waals surface area contributed by atoms with E-state index in [9.17, 15) is 4.79 Å². The molecule has 0 bridgehead atoms. The molecule has 5 heterocycles. The summed E-state index contributed by atoms with van der Waals surface area (Å²) in [5, 5.41) is 0. The first-order valence-electron chi connectivity index (χ1n) is 10.7. The van der Waals surface area contributed by atoms with Gasteiger partial charge in [0, 0.05) is 31.8 Å². The van der Waals surface area contributed by atoms with E-state index in [1.165, 1.54) is 12.8 Å². The van der Waals surface area contributed by atoms with Gasteiger partial charge >= 0.3 is 0 Å². The second kappa shape index (κ2) is 8.44. The molecule has 0 aliphatic carbocycles. The highest BCUT2D eigenvalue weighted by Gasteiger charge is 2.28. The number of hydrogen-bond donors (Lipinski definition) is 0. The van der Waals surface area contributed by atoms with Crippen LogP contribution in [0.1, 0.15) is 52.1 Å². The van der Waals surface area contributed by atoms with E-state index in [0.29, 0.717) is 25.3 Å². The highest BCUT2D eigenvalue weighted by Crippen LogP contribution is 2.23. The average Bonchev–Trinajstić information content (AvgIpc) is 3.53. The van der Waals surface area contributed by atoms with Crippen LogP contribution < -0.4 is 0 Å². The normalized spacial score (nSPS) is 16.7. The number of carbonyl (C=O) groups is 1. The fourth-order valence-corrected chi connectivity index (χ4v) is 4.22. The first-order valence-corrected chi connectivity index (χ1v) is 10.7. The van der Waals surface area contributed by atoms with E-state index in [1.807, 2.05) is 18.3 Å². The zero-order valence-electron chi connectivity index (χ0n) is 17.0. The van der Waals surface area contributed by atoms with Gasteiger partial charge in [0.15, 0.2) is 11.7 Å². The summed E-state index contributed by atoms with van der Waals surface area (Å²) in [6, 6.07) is 7.71. The second-order valence-electron chi connectivity index (χ2n) is 8.06. The van der Waals surface area contributed by atoms with Gasteiger partial charge in [-0.25, -0.2) is 4.98 Å². The van der Waals surface area contributed by atoms with Crippen molar-refractivity contribution in [2.24, 2.45) is 0 Å². The number of oxazole rings is 1. The van der Waals surface area contributed by atoms with Gasteiger partial charge in [0.1, 0.15) is 17.2 Å². The van der Waals surface area contributed by atoms with Gasteiger partial charge in [0.25, 0.3) is 5.91 Å². The topological polar surface area (TPSA) is 75.6 Å². The fourth-order valence-electron chi connectivity index (χ4n) is 4.22. The number of pyridine rings is 1. The molecular formula is C23H26N4O3. The number of aryl methyl sites for hydroxylation is 2. The van der Waals surface area contributed by atoms with Crippen LogP contribution in [0.5, 0.6) is 0 Å². The molecule has 5 rings (SSSR count). The number of likely N-dealkylation sites (tertiary alicyclic amines) is 1. The first-order chi connectivity index (χ1) is 14.7. The van der Waals surface area contributed by atoms with Crippen molar-refractivity contribution in [2.75, 3.05) is 19.6 Å². The van der Waals surface area contributed by atoms with Gasteiger partial charge in [-0.3, -0.25) is 14.7 Å². The summed E-state index contributed by atoms with van der Waals surface area (Å²) >= 11 is 0. The third-order valence-electron chi connectivity index (χ3n) is 5.86. The van der Waals surface area contributed by atoms with Crippen LogP contribution in [-0.2, 0) is 32.4 Å². The summed E-state index contributed by atoms with van der Waals surface area (Å²) in [6.45, 7) is 4.07. The molecule has 2 aliphatic heterocycles. The largest absolute Gasteiger partial charge is 0.455 e. The molecule has 2 aliphatic rings. The Labute approximate surface area is 175 Å². The Morgan fingerprint density at radius 2 is 1.97 bits per heavy atom. The SMILES string of the molecule is O=C(c1ccc(CN2CCCC2)o1)N1CCc2oc(CCc3cccnc3)nc2C1. The van der Waals surface area contributed by atoms with E-state index in [2.05, 4.69) is 20.9 Å². The zero-order chi connectivity index (χ0) is 20.3. The van der Waals surface area contributed by atoms with E-state index >= 15 is 0 Å². The number of rotatable bonds is 6. The minimum Gasteiger partial charge on any atom is -0.455 e. The Kier molecular flexibility index (Phi) is 5.36. The molecule has 156 valence electrons. The van der Waals surface area contributed by atoms with Crippen LogP contribution in [0.3, 0.4) is 0 Å². The van der Waals surface area contributed by atoms with Crippen LogP contribution in [0.2, 0.25) is 0 Å². The predicted octanol–water partition coefficient (Wildman–Crippen LogP) is 3.24. The third-order valence-corrected chi connectivity index (χ3v) is 5.86. The predicted molar refractivity (Wildman–Crippen MR) is 110 cm³/mol. The maximum atomic E-state index is 12.9. The molecule has 0 spiro atoms. The van der Waals surface area contributed by atoms with Crippen LogP contribution in [-0.4, -0.2) is 45.3 Å². The van der Waals surface area contributed by atoms with E-state index < -0.39 is 0 Å². The van der Waals surface area contributed by atoms with Crippen molar-refractivity contribution in [3.8, 4) is 0 Å². The summed E-state index contributed by atoms with van der Waals surface area (Å²) in [6.07, 6.45) is 8.36. The second-order valence-corrected chi connectivity index (χ2v) is 8.06. The van der Waals surface area contributed by atoms with Crippen molar-refractivity contribution in [2.45, 2.75) is 45.2 Å². The highest BCUT2D eigenvalue weighted by molar-refractivity contribution is 5.91. The molecule has 1 saturated heterocycles. The molecule has 0 saturated carbocycles. The lowest BCUT2D eigenvalue weighted by Crippen LogP contribution is -2.35. The highest BCUT2D eigenvalue weighted by atomic mass is 16.4. The molecule has 1 amide bonds. The van der Waals surface area contributed by atoms with Gasteiger partial charge in [-0.1, -0.05) is 6.07 Å². The van der Waals surface area contributed by atoms with Crippen LogP contribution >= 0.6 is 0 Å². The number of aromatic nitrogens is 2. The summed E-state index contributed by atoms with van der Waals surface area (Å²) in [5.74, 6) is 2.82. The van der Waals surface area contributed by atoms with Crippen LogP contribution in [0.15, 0.2) is 45.5 Å². The quantitative estimate of drug-likeness (QED) is 0.626. The first kappa shape index (κ1) is 19.1. The lowest BCUT2D eigenvalue weighted by Gasteiger charge is -2.24. The van der Waals surface area contributed by atoms with Crippen molar-refractivity contribution >= 4 is 5.91 Å². The van der Waals surface area contributed by atoms with Crippen LogP contribution in [0.4, 0.5) is 0 Å². The third kappa shape index (κ3) is 4.16. The maximum absolute atomic E-state index is 12.9. The summed E-state index contributed by atoms with van der Waals surface area (Å²) < 4.78 is 11.8. The lowest BCUT2D eigenvalue weighted by molar-refractivity contribution is 0.0692. The number of hydrogen-bond acceptors (Lipinski definition) is 6. The molecule has 3 aromatic heterocycles. The van der Waals surface area contributed by atoms with Gasteiger partial charge in [-0.15, -0.1) is 0 Å². The standard InChI is InChI=1S/C23H26N4O3/c28-23(21-7-6-18(29-21)15-26-11-1-2-12-26)27-13-9-20-19(16-27)25-22(30-20)8-5-17-4-3-10-24-14-17/h3-4,6-7,10,14H,1-2,5,8-9,11-13,15-16H2. The van der Waals surface area contributed by atoms with Gasteiger partial charge in [-0.05, 0) is 56.1 Å². The van der Waals surface area contributed by atoms with Gasteiger partial charge in [0.2, 0.25) is 0 Å². The molecule has 0 radical (unpaired) electrons. The maximum Gasteiger partial charge on any atom is 0.289 e. The molecule has 0 atom stereocenters. The molecule has 7 heteroatoms. The Balaban J connectivity index is 1.20. The number of furan rings is 1.